The van der Waals surface area contributed by atoms with Gasteiger partial charge in [-0.3, -0.25) is 4.79 Å². The first-order valence-electron chi connectivity index (χ1n) is 11.9. The molecule has 0 spiro atoms. The molecule has 1 heterocycles. The van der Waals surface area contributed by atoms with E-state index in [1.165, 1.54) is 0 Å². The zero-order chi connectivity index (χ0) is 26.7. The van der Waals surface area contributed by atoms with Gasteiger partial charge in [-0.1, -0.05) is 50.2 Å². The van der Waals surface area contributed by atoms with E-state index in [-0.39, 0.29) is 24.6 Å². The summed E-state index contributed by atoms with van der Waals surface area (Å²) in [6, 6.07) is 15.0. The van der Waals surface area contributed by atoms with Gasteiger partial charge in [-0.25, -0.2) is 17.9 Å². The number of ether oxygens (including phenoxy) is 1. The highest BCUT2D eigenvalue weighted by atomic mass is 32.2. The van der Waals surface area contributed by atoms with Gasteiger partial charge in [0.2, 0.25) is 10.0 Å². The van der Waals surface area contributed by atoms with Crippen LogP contribution in [0.1, 0.15) is 45.9 Å². The molecule has 194 valence electrons. The number of carbonyl (C=O) groups is 1. The van der Waals surface area contributed by atoms with Gasteiger partial charge in [-0.2, -0.15) is 0 Å². The Hall–Kier alpha value is -3.17. The highest BCUT2D eigenvalue weighted by molar-refractivity contribution is 7.88. The van der Waals surface area contributed by atoms with Gasteiger partial charge in [-0.15, -0.1) is 0 Å². The minimum absolute atomic E-state index is 0.0862. The number of sulfonamides is 1. The van der Waals surface area contributed by atoms with Crippen molar-refractivity contribution in [3.63, 3.8) is 0 Å². The summed E-state index contributed by atoms with van der Waals surface area (Å²) in [4.78, 5) is 26.2. The van der Waals surface area contributed by atoms with Crippen LogP contribution in [0, 0.1) is 5.92 Å². The Morgan fingerprint density at radius 2 is 1.69 bits per heavy atom. The van der Waals surface area contributed by atoms with Gasteiger partial charge in [0, 0.05) is 29.7 Å². The van der Waals surface area contributed by atoms with Crippen molar-refractivity contribution in [2.24, 2.45) is 5.92 Å². The van der Waals surface area contributed by atoms with Crippen LogP contribution >= 0.6 is 0 Å². The van der Waals surface area contributed by atoms with Crippen LogP contribution in [0.4, 0.5) is 4.79 Å². The number of aromatic nitrogens is 1. The fourth-order valence-corrected chi connectivity index (χ4v) is 4.44. The first kappa shape index (κ1) is 27.4. The number of carbonyl (C=O) groups excluding carboxylic acids is 1. The molecule has 36 heavy (non-hydrogen) atoms. The summed E-state index contributed by atoms with van der Waals surface area (Å²) in [7, 11) is -3.38. The Kier molecular flexibility index (Phi) is 8.26. The number of hydrogen-bond acceptors (Lipinski definition) is 5. The zero-order valence-electron chi connectivity index (χ0n) is 21.7. The van der Waals surface area contributed by atoms with E-state index >= 15 is 0 Å². The Balaban J connectivity index is 2.26. The van der Waals surface area contributed by atoms with Crippen molar-refractivity contribution < 1.29 is 17.9 Å². The second-order valence-electron chi connectivity index (χ2n) is 10.3. The average Bonchev–Trinajstić information content (AvgIpc) is 2.77. The number of benzene rings is 2. The van der Waals surface area contributed by atoms with Crippen molar-refractivity contribution in [1.29, 1.82) is 0 Å². The van der Waals surface area contributed by atoms with Crippen molar-refractivity contribution in [2.45, 2.75) is 59.9 Å². The summed E-state index contributed by atoms with van der Waals surface area (Å²) in [6.45, 7) is 10.1. The van der Waals surface area contributed by atoms with Gasteiger partial charge in [0.05, 0.1) is 12.8 Å². The smallest absolute Gasteiger partial charge is 0.407 e. The van der Waals surface area contributed by atoms with Crippen molar-refractivity contribution in [3.8, 4) is 11.1 Å². The van der Waals surface area contributed by atoms with E-state index in [0.717, 1.165) is 22.9 Å². The van der Waals surface area contributed by atoms with Crippen LogP contribution in [0.2, 0.25) is 0 Å². The molecule has 0 saturated carbocycles. The predicted octanol–water partition coefficient (Wildman–Crippen LogP) is 4.40. The molecule has 0 atom stereocenters. The van der Waals surface area contributed by atoms with Gasteiger partial charge < -0.3 is 14.6 Å². The molecular formula is C27H35N3O5S. The molecular weight excluding hydrogens is 478 g/mol. The van der Waals surface area contributed by atoms with E-state index < -0.39 is 21.7 Å². The first-order valence-corrected chi connectivity index (χ1v) is 13.8. The lowest BCUT2D eigenvalue weighted by molar-refractivity contribution is 0.0522. The van der Waals surface area contributed by atoms with Gasteiger partial charge in [0.25, 0.3) is 5.56 Å². The number of amides is 1. The molecule has 0 fully saturated rings. The number of nitrogens with one attached hydrogen (secondary N) is 2. The molecule has 0 bridgehead atoms. The van der Waals surface area contributed by atoms with Crippen LogP contribution in [-0.4, -0.2) is 30.9 Å². The average molecular weight is 514 g/mol. The van der Waals surface area contributed by atoms with E-state index in [1.807, 2.05) is 50.2 Å². The maximum atomic E-state index is 13.7. The fraction of sp³-hybridized carbons (Fsp3) is 0.407. The number of rotatable bonds is 8. The standard InChI is InChI=1S/C27H35N3O5S/c1-18(2)17-30-23(16-28-26(32)35-27(3,4)5)24(20-10-8-7-9-11-20)22-14-19(15-29-36(6,33)34)12-13-21(22)25(30)31/h7-14,18,29H,15-17H2,1-6H3,(H,28,32). The second-order valence-corrected chi connectivity index (χ2v) is 12.2. The molecule has 0 radical (unpaired) electrons. The molecule has 2 N–H and O–H groups in total. The maximum absolute atomic E-state index is 13.7. The molecule has 0 aliphatic rings. The molecule has 3 aromatic rings. The molecule has 0 unspecified atom stereocenters. The van der Waals surface area contributed by atoms with Crippen LogP contribution in [0.5, 0.6) is 0 Å². The molecule has 8 nitrogen and oxygen atoms in total. The molecule has 0 aliphatic heterocycles. The predicted molar refractivity (Wildman–Crippen MR) is 143 cm³/mol. The Morgan fingerprint density at radius 3 is 2.28 bits per heavy atom. The number of nitrogens with zero attached hydrogens (tertiary/aromatic N) is 1. The minimum Gasteiger partial charge on any atom is -0.444 e. The number of alkyl carbamates (subject to hydrolysis) is 1. The summed E-state index contributed by atoms with van der Waals surface area (Å²) in [5, 5.41) is 4.04. The molecule has 0 aliphatic carbocycles. The van der Waals surface area contributed by atoms with Crippen molar-refractivity contribution >= 4 is 26.9 Å². The number of pyridine rings is 1. The SMILES string of the molecule is CC(C)Cn1c(CNC(=O)OC(C)(C)C)c(-c2ccccc2)c2cc(CNS(C)(=O)=O)ccc2c1=O. The van der Waals surface area contributed by atoms with Crippen molar-refractivity contribution in [3.05, 3.63) is 70.1 Å². The largest absolute Gasteiger partial charge is 0.444 e. The van der Waals surface area contributed by atoms with Gasteiger partial charge in [-0.05, 0) is 55.3 Å². The van der Waals surface area contributed by atoms with E-state index in [1.54, 1.807) is 37.5 Å². The maximum Gasteiger partial charge on any atom is 0.407 e. The lowest BCUT2D eigenvalue weighted by Crippen LogP contribution is -2.35. The summed E-state index contributed by atoms with van der Waals surface area (Å²) in [6.07, 6.45) is 0.533. The highest BCUT2D eigenvalue weighted by Crippen LogP contribution is 2.32. The normalized spacial score (nSPS) is 12.2. The minimum atomic E-state index is -3.38. The van der Waals surface area contributed by atoms with E-state index in [0.29, 0.717) is 23.0 Å². The Bertz CT molecular complexity index is 1410. The van der Waals surface area contributed by atoms with Gasteiger partial charge in [0.15, 0.2) is 0 Å². The van der Waals surface area contributed by atoms with Crippen LogP contribution in [0.15, 0.2) is 53.3 Å². The first-order chi connectivity index (χ1) is 16.7. The number of hydrogen-bond donors (Lipinski definition) is 2. The van der Waals surface area contributed by atoms with Crippen molar-refractivity contribution in [1.82, 2.24) is 14.6 Å². The Morgan fingerprint density at radius 1 is 1.03 bits per heavy atom. The summed E-state index contributed by atoms with van der Waals surface area (Å²) >= 11 is 0. The van der Waals surface area contributed by atoms with Crippen LogP contribution in [-0.2, 0) is 34.4 Å². The second kappa shape index (κ2) is 10.8. The summed E-state index contributed by atoms with van der Waals surface area (Å²) in [5.74, 6) is 0.183. The van der Waals surface area contributed by atoms with Crippen LogP contribution < -0.4 is 15.6 Å². The van der Waals surface area contributed by atoms with Gasteiger partial charge in [0.1, 0.15) is 5.60 Å². The third-order valence-corrected chi connectivity index (χ3v) is 6.06. The quantitative estimate of drug-likeness (QED) is 0.464. The van der Waals surface area contributed by atoms with Gasteiger partial charge >= 0.3 is 6.09 Å². The monoisotopic (exact) mass is 513 g/mol. The molecule has 3 rings (SSSR count). The lowest BCUT2D eigenvalue weighted by Gasteiger charge is -2.23. The van der Waals surface area contributed by atoms with Crippen LogP contribution in [0.25, 0.3) is 21.9 Å². The highest BCUT2D eigenvalue weighted by Gasteiger charge is 2.21. The summed E-state index contributed by atoms with van der Waals surface area (Å²) in [5.41, 5.74) is 2.25. The molecule has 2 aromatic carbocycles. The molecule has 0 saturated heterocycles. The molecule has 1 amide bonds. The molecule has 1 aromatic heterocycles. The third-order valence-electron chi connectivity index (χ3n) is 5.39. The van der Waals surface area contributed by atoms with E-state index in [9.17, 15) is 18.0 Å². The Labute approximate surface area is 212 Å². The summed E-state index contributed by atoms with van der Waals surface area (Å²) < 4.78 is 32.9. The lowest BCUT2D eigenvalue weighted by atomic mass is 9.95. The fourth-order valence-electron chi connectivity index (χ4n) is 4.01. The van der Waals surface area contributed by atoms with Crippen LogP contribution in [0.3, 0.4) is 0 Å². The topological polar surface area (TPSA) is 106 Å². The van der Waals surface area contributed by atoms with E-state index in [4.69, 9.17) is 4.74 Å². The number of fused-ring (bicyclic) bond motifs is 1. The molecule has 9 heteroatoms. The van der Waals surface area contributed by atoms with Crippen molar-refractivity contribution in [2.75, 3.05) is 6.26 Å². The zero-order valence-corrected chi connectivity index (χ0v) is 22.5. The third kappa shape index (κ3) is 7.18. The van der Waals surface area contributed by atoms with E-state index in [2.05, 4.69) is 10.0 Å².